The topological polar surface area (TPSA) is 41.5 Å². The van der Waals surface area contributed by atoms with Crippen molar-refractivity contribution in [3.05, 3.63) is 59.9 Å². The molecule has 0 aliphatic heterocycles. The van der Waals surface area contributed by atoms with E-state index in [4.69, 9.17) is 4.74 Å². The lowest BCUT2D eigenvalue weighted by Gasteiger charge is -2.15. The summed E-state index contributed by atoms with van der Waals surface area (Å²) in [6.45, 7) is 2.65. The van der Waals surface area contributed by atoms with Crippen LogP contribution in [0.15, 0.2) is 48.5 Å². The molecule has 1 atom stereocenters. The Hall–Kier alpha value is -2.07. The minimum absolute atomic E-state index is 0.160. The fourth-order valence-electron chi connectivity index (χ4n) is 2.01. The SMILES string of the molecule is CCc1ccccc1NCC(O)COc1ccc(F)cc1. The predicted octanol–water partition coefficient (Wildman–Crippen LogP) is 3.24. The zero-order valence-corrected chi connectivity index (χ0v) is 12.1. The third-order valence-electron chi connectivity index (χ3n) is 3.18. The maximum atomic E-state index is 12.8. The minimum Gasteiger partial charge on any atom is -0.491 e. The van der Waals surface area contributed by atoms with E-state index in [2.05, 4.69) is 18.3 Å². The van der Waals surface area contributed by atoms with Gasteiger partial charge in [0.2, 0.25) is 0 Å². The molecule has 2 aromatic rings. The van der Waals surface area contributed by atoms with Crippen LogP contribution in [-0.4, -0.2) is 24.4 Å². The summed E-state index contributed by atoms with van der Waals surface area (Å²) < 4.78 is 18.2. The molecule has 112 valence electrons. The van der Waals surface area contributed by atoms with Crippen molar-refractivity contribution in [1.29, 1.82) is 0 Å². The first-order chi connectivity index (χ1) is 10.2. The summed E-state index contributed by atoms with van der Waals surface area (Å²) in [5.41, 5.74) is 2.24. The van der Waals surface area contributed by atoms with Gasteiger partial charge in [-0.1, -0.05) is 25.1 Å². The van der Waals surface area contributed by atoms with Crippen LogP contribution in [0.2, 0.25) is 0 Å². The van der Waals surface area contributed by atoms with Gasteiger partial charge in [-0.05, 0) is 42.3 Å². The van der Waals surface area contributed by atoms with Crippen LogP contribution >= 0.6 is 0 Å². The molecule has 0 aliphatic carbocycles. The Labute approximate surface area is 124 Å². The predicted molar refractivity (Wildman–Crippen MR) is 82.2 cm³/mol. The van der Waals surface area contributed by atoms with Gasteiger partial charge in [-0.2, -0.15) is 0 Å². The van der Waals surface area contributed by atoms with Crippen molar-refractivity contribution in [2.45, 2.75) is 19.4 Å². The molecule has 2 N–H and O–H groups in total. The van der Waals surface area contributed by atoms with Gasteiger partial charge in [0.05, 0.1) is 0 Å². The number of para-hydroxylation sites is 1. The summed E-state index contributed by atoms with van der Waals surface area (Å²) in [6.07, 6.45) is 0.297. The van der Waals surface area contributed by atoms with E-state index in [9.17, 15) is 9.50 Å². The monoisotopic (exact) mass is 289 g/mol. The lowest BCUT2D eigenvalue weighted by molar-refractivity contribution is 0.117. The molecule has 2 rings (SSSR count). The molecule has 0 heterocycles. The highest BCUT2D eigenvalue weighted by atomic mass is 19.1. The number of hydrogen-bond donors (Lipinski definition) is 2. The van der Waals surface area contributed by atoms with Gasteiger partial charge in [-0.3, -0.25) is 0 Å². The van der Waals surface area contributed by atoms with Crippen molar-refractivity contribution < 1.29 is 14.2 Å². The van der Waals surface area contributed by atoms with Crippen LogP contribution in [0.4, 0.5) is 10.1 Å². The molecule has 0 spiro atoms. The smallest absolute Gasteiger partial charge is 0.123 e. The second kappa shape index (κ2) is 7.64. The molecule has 0 radical (unpaired) electrons. The first kappa shape index (κ1) is 15.3. The van der Waals surface area contributed by atoms with Crippen LogP contribution in [0.1, 0.15) is 12.5 Å². The number of aryl methyl sites for hydroxylation is 1. The summed E-state index contributed by atoms with van der Waals surface area (Å²) >= 11 is 0. The van der Waals surface area contributed by atoms with Crippen molar-refractivity contribution in [1.82, 2.24) is 0 Å². The summed E-state index contributed by atoms with van der Waals surface area (Å²) in [5, 5.41) is 13.1. The van der Waals surface area contributed by atoms with E-state index in [1.54, 1.807) is 12.1 Å². The number of benzene rings is 2. The zero-order valence-electron chi connectivity index (χ0n) is 12.1. The standard InChI is InChI=1S/C17H20FNO2/c1-2-13-5-3-4-6-17(13)19-11-15(20)12-21-16-9-7-14(18)8-10-16/h3-10,15,19-20H,2,11-12H2,1H3. The highest BCUT2D eigenvalue weighted by molar-refractivity contribution is 5.51. The number of aliphatic hydroxyl groups is 1. The fraction of sp³-hybridized carbons (Fsp3) is 0.294. The van der Waals surface area contributed by atoms with Crippen molar-refractivity contribution in [3.8, 4) is 5.75 Å². The molecule has 0 fully saturated rings. The quantitative estimate of drug-likeness (QED) is 0.822. The molecule has 0 bridgehead atoms. The van der Waals surface area contributed by atoms with E-state index in [1.807, 2.05) is 18.2 Å². The molecule has 21 heavy (non-hydrogen) atoms. The van der Waals surface area contributed by atoms with Crippen molar-refractivity contribution >= 4 is 5.69 Å². The molecule has 0 aromatic heterocycles. The number of nitrogens with one attached hydrogen (secondary N) is 1. The van der Waals surface area contributed by atoms with Gasteiger partial charge in [-0.25, -0.2) is 4.39 Å². The van der Waals surface area contributed by atoms with Gasteiger partial charge in [-0.15, -0.1) is 0 Å². The van der Waals surface area contributed by atoms with Gasteiger partial charge in [0.25, 0.3) is 0 Å². The van der Waals surface area contributed by atoms with Crippen LogP contribution in [0, 0.1) is 5.82 Å². The third kappa shape index (κ3) is 4.76. The molecule has 1 unspecified atom stereocenters. The van der Waals surface area contributed by atoms with Crippen LogP contribution in [-0.2, 0) is 6.42 Å². The lowest BCUT2D eigenvalue weighted by atomic mass is 10.1. The average Bonchev–Trinajstić information content (AvgIpc) is 2.52. The Balaban J connectivity index is 1.79. The van der Waals surface area contributed by atoms with Gasteiger partial charge >= 0.3 is 0 Å². The van der Waals surface area contributed by atoms with E-state index in [-0.39, 0.29) is 12.4 Å². The molecule has 0 saturated carbocycles. The normalized spacial score (nSPS) is 12.0. The van der Waals surface area contributed by atoms with E-state index in [1.165, 1.54) is 17.7 Å². The van der Waals surface area contributed by atoms with E-state index in [0.29, 0.717) is 12.3 Å². The van der Waals surface area contributed by atoms with Crippen LogP contribution in [0.5, 0.6) is 5.75 Å². The summed E-state index contributed by atoms with van der Waals surface area (Å²) in [5.74, 6) is 0.241. The largest absolute Gasteiger partial charge is 0.491 e. The van der Waals surface area contributed by atoms with E-state index >= 15 is 0 Å². The third-order valence-corrected chi connectivity index (χ3v) is 3.18. The molecule has 2 aromatic carbocycles. The summed E-state index contributed by atoms with van der Waals surface area (Å²) in [4.78, 5) is 0. The maximum Gasteiger partial charge on any atom is 0.123 e. The Morgan fingerprint density at radius 3 is 2.57 bits per heavy atom. The number of anilines is 1. The minimum atomic E-state index is -0.639. The maximum absolute atomic E-state index is 12.8. The molecule has 0 saturated heterocycles. The van der Waals surface area contributed by atoms with Crippen molar-refractivity contribution in [2.75, 3.05) is 18.5 Å². The molecule has 0 amide bonds. The molecule has 3 nitrogen and oxygen atoms in total. The van der Waals surface area contributed by atoms with Gasteiger partial charge < -0.3 is 15.2 Å². The lowest BCUT2D eigenvalue weighted by Crippen LogP contribution is -2.26. The van der Waals surface area contributed by atoms with E-state index in [0.717, 1.165) is 12.1 Å². The number of ether oxygens (including phenoxy) is 1. The van der Waals surface area contributed by atoms with Crippen molar-refractivity contribution in [2.24, 2.45) is 0 Å². The highest BCUT2D eigenvalue weighted by Crippen LogP contribution is 2.15. The average molecular weight is 289 g/mol. The Bertz CT molecular complexity index is 557. The van der Waals surface area contributed by atoms with Crippen molar-refractivity contribution in [3.63, 3.8) is 0 Å². The Morgan fingerprint density at radius 2 is 1.86 bits per heavy atom. The Morgan fingerprint density at radius 1 is 1.14 bits per heavy atom. The van der Waals surface area contributed by atoms with E-state index < -0.39 is 6.10 Å². The molecular formula is C17H20FNO2. The highest BCUT2D eigenvalue weighted by Gasteiger charge is 2.07. The van der Waals surface area contributed by atoms with Crippen LogP contribution in [0.25, 0.3) is 0 Å². The zero-order chi connectivity index (χ0) is 15.1. The second-order valence-corrected chi connectivity index (χ2v) is 4.81. The van der Waals surface area contributed by atoms with Crippen LogP contribution < -0.4 is 10.1 Å². The summed E-state index contributed by atoms with van der Waals surface area (Å²) in [7, 11) is 0. The first-order valence-electron chi connectivity index (χ1n) is 7.07. The van der Waals surface area contributed by atoms with Crippen LogP contribution in [0.3, 0.4) is 0 Å². The first-order valence-corrected chi connectivity index (χ1v) is 7.07. The Kier molecular flexibility index (Phi) is 5.58. The second-order valence-electron chi connectivity index (χ2n) is 4.81. The number of hydrogen-bond acceptors (Lipinski definition) is 3. The summed E-state index contributed by atoms with van der Waals surface area (Å²) in [6, 6.07) is 13.8. The molecule has 4 heteroatoms. The number of rotatable bonds is 7. The van der Waals surface area contributed by atoms with Gasteiger partial charge in [0.15, 0.2) is 0 Å². The van der Waals surface area contributed by atoms with Gasteiger partial charge in [0.1, 0.15) is 24.3 Å². The number of halogens is 1. The number of aliphatic hydroxyl groups excluding tert-OH is 1. The fourth-order valence-corrected chi connectivity index (χ4v) is 2.01. The van der Waals surface area contributed by atoms with Gasteiger partial charge in [0, 0.05) is 12.2 Å². The molecule has 0 aliphatic rings. The molecular weight excluding hydrogens is 269 g/mol.